The molecule has 0 aromatic heterocycles. The van der Waals surface area contributed by atoms with Crippen molar-refractivity contribution < 1.29 is 64.6 Å². The number of carbonyl (C=O) groups is 1. The van der Waals surface area contributed by atoms with E-state index in [2.05, 4.69) is 19.2 Å². The van der Waals surface area contributed by atoms with E-state index in [1.165, 1.54) is 334 Å². The van der Waals surface area contributed by atoms with Gasteiger partial charge in [0.1, 0.15) is 48.8 Å². The molecule has 2 aliphatic rings. The zero-order valence-corrected chi connectivity index (χ0v) is 61.2. The average molecular weight is 1340 g/mol. The first kappa shape index (κ1) is 88.8. The largest absolute Gasteiger partial charge is 0.394 e. The minimum atomic E-state index is -1.79. The summed E-state index contributed by atoms with van der Waals surface area (Å²) in [6.45, 7) is 2.88. The van der Waals surface area contributed by atoms with Crippen molar-refractivity contribution in [2.45, 2.75) is 473 Å². The summed E-state index contributed by atoms with van der Waals surface area (Å²) in [5.41, 5.74) is 0. The summed E-state index contributed by atoms with van der Waals surface area (Å²) in [5, 5.41) is 87.7. The van der Waals surface area contributed by atoms with Crippen LogP contribution in [0.2, 0.25) is 0 Å². The van der Waals surface area contributed by atoms with Crippen LogP contribution in [0.4, 0.5) is 0 Å². The van der Waals surface area contributed by atoms with Gasteiger partial charge in [0, 0.05) is 6.42 Å². The lowest BCUT2D eigenvalue weighted by Gasteiger charge is -2.46. The third-order valence-corrected chi connectivity index (χ3v) is 20.5. The van der Waals surface area contributed by atoms with Gasteiger partial charge in [0.15, 0.2) is 12.6 Å². The van der Waals surface area contributed by atoms with Gasteiger partial charge in [-0.2, -0.15) is 0 Å². The van der Waals surface area contributed by atoms with E-state index < -0.39 is 86.8 Å². The topological polar surface area (TPSA) is 228 Å². The lowest BCUT2D eigenvalue weighted by atomic mass is 9.97. The van der Waals surface area contributed by atoms with Gasteiger partial charge in [0.25, 0.3) is 0 Å². The van der Waals surface area contributed by atoms with E-state index in [-0.39, 0.29) is 18.9 Å². The van der Waals surface area contributed by atoms with Crippen LogP contribution in [0.15, 0.2) is 12.2 Å². The number of hydrogen-bond donors (Lipinski definition) is 9. The van der Waals surface area contributed by atoms with Crippen molar-refractivity contribution in [2.24, 2.45) is 0 Å². The first-order chi connectivity index (χ1) is 46.1. The van der Waals surface area contributed by atoms with Gasteiger partial charge in [0.2, 0.25) is 5.91 Å². The molecule has 0 aliphatic carbocycles. The van der Waals surface area contributed by atoms with Gasteiger partial charge in [-0.3, -0.25) is 4.79 Å². The van der Waals surface area contributed by atoms with E-state index in [4.69, 9.17) is 18.9 Å². The second-order valence-corrected chi connectivity index (χ2v) is 29.3. The van der Waals surface area contributed by atoms with Crippen LogP contribution >= 0.6 is 0 Å². The van der Waals surface area contributed by atoms with E-state index in [9.17, 15) is 45.6 Å². The maximum Gasteiger partial charge on any atom is 0.220 e. The Bertz CT molecular complexity index is 1620. The lowest BCUT2D eigenvalue weighted by molar-refractivity contribution is -0.359. The molecule has 0 spiro atoms. The number of carbonyl (C=O) groups excluding carboxylic acids is 1. The number of allylic oxidation sites excluding steroid dienone is 1. The summed E-state index contributed by atoms with van der Waals surface area (Å²) in [5.74, 6) is -0.228. The van der Waals surface area contributed by atoms with Crippen LogP contribution in [-0.2, 0) is 23.7 Å². The standard InChI is InChI=1S/C80H155NO13/c1-3-5-7-9-11-13-15-17-19-21-23-25-27-29-31-33-34-36-38-40-42-44-46-48-50-52-54-56-58-60-62-64-72(85)81-68(67-91-79-77(90)75(88)78(71(66-83)93-79)94-80-76(89)74(87)73(86)70(65-82)92-80)69(84)63-61-59-57-55-53-51-49-47-45-43-41-39-37-35-32-30-28-26-24-22-20-18-16-14-12-10-8-6-4-2/h61,63,68-71,73-80,82-84,86-90H,3-60,62,64-67H2,1-2H3,(H,81,85)/b63-61+. The molecule has 0 saturated carbocycles. The van der Waals surface area contributed by atoms with Crippen LogP contribution in [0, 0.1) is 0 Å². The molecule has 12 atom stereocenters. The van der Waals surface area contributed by atoms with Crippen molar-refractivity contribution in [3.8, 4) is 0 Å². The van der Waals surface area contributed by atoms with Crippen molar-refractivity contribution in [3.05, 3.63) is 12.2 Å². The molecule has 2 rings (SSSR count). The molecule has 2 heterocycles. The number of unbranched alkanes of at least 4 members (excludes halogenated alkanes) is 57. The SMILES string of the molecule is CCCCCCCCCCCCCCCCCCCCCCCCCCCCC/C=C/C(O)C(COC1OC(CO)C(OC2OC(CO)C(O)C(O)C2O)C(O)C1O)NC(=O)CCCCCCCCCCCCCCCCCCCCCCCCCCCCCCCCC. The molecule has 14 nitrogen and oxygen atoms in total. The quantitative estimate of drug-likeness (QED) is 0.0204. The Hall–Kier alpha value is -1.27. The van der Waals surface area contributed by atoms with Crippen molar-refractivity contribution in [3.63, 3.8) is 0 Å². The Morgan fingerprint density at radius 2 is 0.660 bits per heavy atom. The fourth-order valence-corrected chi connectivity index (χ4v) is 14.0. The highest BCUT2D eigenvalue weighted by atomic mass is 16.7. The van der Waals surface area contributed by atoms with Gasteiger partial charge in [-0.1, -0.05) is 386 Å². The molecule has 94 heavy (non-hydrogen) atoms. The number of aliphatic hydroxyl groups is 8. The van der Waals surface area contributed by atoms with Gasteiger partial charge in [-0.25, -0.2) is 0 Å². The molecule has 14 heteroatoms. The van der Waals surface area contributed by atoms with Crippen molar-refractivity contribution in [1.82, 2.24) is 5.32 Å². The minimum absolute atomic E-state index is 0.228. The molecule has 0 aromatic rings. The number of ether oxygens (including phenoxy) is 4. The molecular formula is C80H155NO13. The fourth-order valence-electron chi connectivity index (χ4n) is 14.0. The number of amides is 1. The van der Waals surface area contributed by atoms with E-state index in [0.29, 0.717) is 0 Å². The maximum atomic E-state index is 13.4. The monoisotopic (exact) mass is 1340 g/mol. The second kappa shape index (κ2) is 65.1. The minimum Gasteiger partial charge on any atom is -0.394 e. The summed E-state index contributed by atoms with van der Waals surface area (Å²) in [4.78, 5) is 13.4. The molecule has 558 valence electrons. The molecular weight excluding hydrogens is 1180 g/mol. The van der Waals surface area contributed by atoms with Gasteiger partial charge < -0.3 is 65.1 Å². The average Bonchev–Trinajstić information content (AvgIpc) is 0.794. The van der Waals surface area contributed by atoms with E-state index >= 15 is 0 Å². The molecule has 9 N–H and O–H groups in total. The third kappa shape index (κ3) is 47.7. The molecule has 2 saturated heterocycles. The molecule has 2 fully saturated rings. The van der Waals surface area contributed by atoms with Crippen LogP contribution in [0.25, 0.3) is 0 Å². The van der Waals surface area contributed by atoms with Gasteiger partial charge in [-0.05, 0) is 19.3 Å². The molecule has 1 amide bonds. The Kier molecular flexibility index (Phi) is 61.5. The lowest BCUT2D eigenvalue weighted by Crippen LogP contribution is -2.65. The van der Waals surface area contributed by atoms with Crippen molar-refractivity contribution in [1.29, 1.82) is 0 Å². The first-order valence-corrected chi connectivity index (χ1v) is 40.9. The third-order valence-electron chi connectivity index (χ3n) is 20.5. The number of aliphatic hydroxyl groups excluding tert-OH is 8. The Labute approximate surface area is 577 Å². The van der Waals surface area contributed by atoms with Crippen molar-refractivity contribution in [2.75, 3.05) is 19.8 Å². The second-order valence-electron chi connectivity index (χ2n) is 29.3. The van der Waals surface area contributed by atoms with Crippen LogP contribution in [0.1, 0.15) is 399 Å². The van der Waals surface area contributed by atoms with Crippen molar-refractivity contribution >= 4 is 5.91 Å². The summed E-state index contributed by atoms with van der Waals surface area (Å²) < 4.78 is 22.9. The van der Waals surface area contributed by atoms with E-state index in [0.717, 1.165) is 44.9 Å². The highest BCUT2D eigenvalue weighted by Gasteiger charge is 2.51. The predicted octanol–water partition coefficient (Wildman–Crippen LogP) is 18.5. The highest BCUT2D eigenvalue weighted by molar-refractivity contribution is 5.76. The Morgan fingerprint density at radius 1 is 0.372 bits per heavy atom. The number of nitrogens with one attached hydrogen (secondary N) is 1. The maximum absolute atomic E-state index is 13.4. The Balaban J connectivity index is 1.61. The molecule has 0 aromatic carbocycles. The summed E-state index contributed by atoms with van der Waals surface area (Å²) in [6, 6.07) is -0.912. The zero-order chi connectivity index (χ0) is 68.0. The van der Waals surface area contributed by atoms with Crippen LogP contribution < -0.4 is 5.32 Å². The molecule has 12 unspecified atom stereocenters. The summed E-state index contributed by atoms with van der Waals surface area (Å²) in [7, 11) is 0. The number of rotatable bonds is 70. The van der Waals surface area contributed by atoms with E-state index in [1.54, 1.807) is 6.08 Å². The molecule has 0 radical (unpaired) electrons. The van der Waals surface area contributed by atoms with Crippen LogP contribution in [-0.4, -0.2) is 140 Å². The highest BCUT2D eigenvalue weighted by Crippen LogP contribution is 2.30. The summed E-state index contributed by atoms with van der Waals surface area (Å²) in [6.07, 6.45) is 65.9. The molecule has 2 aliphatic heterocycles. The van der Waals surface area contributed by atoms with E-state index in [1.807, 2.05) is 6.08 Å². The van der Waals surface area contributed by atoms with Crippen LogP contribution in [0.5, 0.6) is 0 Å². The number of hydrogen-bond acceptors (Lipinski definition) is 13. The smallest absolute Gasteiger partial charge is 0.220 e. The van der Waals surface area contributed by atoms with Crippen LogP contribution in [0.3, 0.4) is 0 Å². The predicted molar refractivity (Wildman–Crippen MR) is 388 cm³/mol. The van der Waals surface area contributed by atoms with Gasteiger partial charge >= 0.3 is 0 Å². The first-order valence-electron chi connectivity index (χ1n) is 40.9. The van der Waals surface area contributed by atoms with Gasteiger partial charge in [-0.15, -0.1) is 0 Å². The summed E-state index contributed by atoms with van der Waals surface area (Å²) >= 11 is 0. The Morgan fingerprint density at radius 3 is 0.979 bits per heavy atom. The fraction of sp³-hybridized carbons (Fsp3) is 0.963. The normalized spacial score (nSPS) is 22.4. The zero-order valence-electron chi connectivity index (χ0n) is 61.2. The molecule has 0 bridgehead atoms. The van der Waals surface area contributed by atoms with Gasteiger partial charge in [0.05, 0.1) is 32.0 Å².